The number of nitrogens with one attached hydrogen (secondary N) is 1. The van der Waals surface area contributed by atoms with Crippen molar-refractivity contribution in [3.8, 4) is 0 Å². The van der Waals surface area contributed by atoms with Crippen LogP contribution >= 0.6 is 46.6 Å². The minimum Gasteiger partial charge on any atom is -0.354 e. The number of hydrogen-bond donors (Lipinski definition) is 1. The van der Waals surface area contributed by atoms with E-state index in [1.807, 2.05) is 6.92 Å². The van der Waals surface area contributed by atoms with E-state index in [2.05, 4.69) is 15.3 Å². The molecule has 1 aromatic heterocycles. The molecule has 0 aliphatic rings. The van der Waals surface area contributed by atoms with Crippen molar-refractivity contribution in [3.05, 3.63) is 39.5 Å². The number of halogens is 3. The van der Waals surface area contributed by atoms with Gasteiger partial charge in [0.1, 0.15) is 5.03 Å². The number of hydrogen-bond acceptors (Lipinski definition) is 4. The Labute approximate surface area is 130 Å². The van der Waals surface area contributed by atoms with Gasteiger partial charge in [0.15, 0.2) is 0 Å². The molecule has 0 aliphatic heterocycles. The van der Waals surface area contributed by atoms with E-state index in [0.29, 0.717) is 26.0 Å². The maximum Gasteiger partial charge on any atom is 0.223 e. The standard InChI is InChI=1S/C12H10Cl3N3S/c1-2-16-12-17-6-9(15)11(18-12)19-10-5-7(13)3-4-8(10)14/h3-6H,2H2,1H3,(H,16,17,18). The number of benzene rings is 1. The predicted molar refractivity (Wildman–Crippen MR) is 81.8 cm³/mol. The summed E-state index contributed by atoms with van der Waals surface area (Å²) >= 11 is 19.5. The minimum atomic E-state index is 0.475. The fraction of sp³-hybridized carbons (Fsp3) is 0.167. The van der Waals surface area contributed by atoms with E-state index in [4.69, 9.17) is 34.8 Å². The molecule has 0 bridgehead atoms. The molecular weight excluding hydrogens is 325 g/mol. The van der Waals surface area contributed by atoms with E-state index in [9.17, 15) is 0 Å². The monoisotopic (exact) mass is 333 g/mol. The van der Waals surface area contributed by atoms with Gasteiger partial charge in [-0.05, 0) is 25.1 Å². The molecule has 1 heterocycles. The molecule has 0 spiro atoms. The molecule has 19 heavy (non-hydrogen) atoms. The van der Waals surface area contributed by atoms with E-state index in [0.717, 1.165) is 11.4 Å². The van der Waals surface area contributed by atoms with Gasteiger partial charge in [0.2, 0.25) is 5.95 Å². The number of rotatable bonds is 4. The van der Waals surface area contributed by atoms with Crippen molar-refractivity contribution in [2.45, 2.75) is 16.8 Å². The maximum absolute atomic E-state index is 6.12. The molecule has 0 unspecified atom stereocenters. The third-order valence-electron chi connectivity index (χ3n) is 2.15. The van der Waals surface area contributed by atoms with Crippen molar-refractivity contribution in [1.82, 2.24) is 9.97 Å². The first-order chi connectivity index (χ1) is 9.10. The van der Waals surface area contributed by atoms with Gasteiger partial charge >= 0.3 is 0 Å². The fourth-order valence-electron chi connectivity index (χ4n) is 1.33. The number of nitrogens with zero attached hydrogens (tertiary/aromatic N) is 2. The Bertz CT molecular complexity index is 592. The van der Waals surface area contributed by atoms with E-state index < -0.39 is 0 Å². The lowest BCUT2D eigenvalue weighted by Gasteiger charge is -2.07. The Balaban J connectivity index is 2.31. The predicted octanol–water partition coefficient (Wildman–Crippen LogP) is 5.02. The van der Waals surface area contributed by atoms with Crippen LogP contribution in [0.5, 0.6) is 0 Å². The van der Waals surface area contributed by atoms with E-state index >= 15 is 0 Å². The van der Waals surface area contributed by atoms with Crippen LogP contribution in [0, 0.1) is 0 Å². The van der Waals surface area contributed by atoms with Gasteiger partial charge in [0.05, 0.1) is 16.2 Å². The van der Waals surface area contributed by atoms with Crippen LogP contribution in [-0.4, -0.2) is 16.5 Å². The zero-order valence-electron chi connectivity index (χ0n) is 9.95. The second kappa shape index (κ2) is 6.66. The molecule has 2 rings (SSSR count). The molecule has 0 aliphatic carbocycles. The van der Waals surface area contributed by atoms with Crippen molar-refractivity contribution in [3.63, 3.8) is 0 Å². The summed E-state index contributed by atoms with van der Waals surface area (Å²) in [5, 5.41) is 5.36. The molecule has 100 valence electrons. The van der Waals surface area contributed by atoms with Gasteiger partial charge in [-0.25, -0.2) is 9.97 Å². The van der Waals surface area contributed by atoms with Crippen LogP contribution < -0.4 is 5.32 Å². The molecular formula is C12H10Cl3N3S. The average Bonchev–Trinajstić information content (AvgIpc) is 2.38. The Morgan fingerprint density at radius 2 is 2.00 bits per heavy atom. The summed E-state index contributed by atoms with van der Waals surface area (Å²) in [6.45, 7) is 2.71. The Morgan fingerprint density at radius 1 is 1.21 bits per heavy atom. The van der Waals surface area contributed by atoms with Crippen LogP contribution in [-0.2, 0) is 0 Å². The van der Waals surface area contributed by atoms with Gasteiger partial charge in [-0.2, -0.15) is 0 Å². The first-order valence-corrected chi connectivity index (χ1v) is 7.44. The summed E-state index contributed by atoms with van der Waals surface area (Å²) in [6.07, 6.45) is 1.56. The molecule has 1 N–H and O–H groups in total. The van der Waals surface area contributed by atoms with Crippen LogP contribution in [0.2, 0.25) is 15.1 Å². The van der Waals surface area contributed by atoms with Crippen molar-refractivity contribution in [1.29, 1.82) is 0 Å². The normalized spacial score (nSPS) is 10.5. The molecule has 0 radical (unpaired) electrons. The van der Waals surface area contributed by atoms with Crippen molar-refractivity contribution >= 4 is 52.5 Å². The SMILES string of the molecule is CCNc1ncc(Cl)c(Sc2cc(Cl)ccc2Cl)n1. The first kappa shape index (κ1) is 14.7. The fourth-order valence-corrected chi connectivity index (χ4v) is 2.84. The number of anilines is 1. The molecule has 0 amide bonds. The van der Waals surface area contributed by atoms with Crippen molar-refractivity contribution < 1.29 is 0 Å². The van der Waals surface area contributed by atoms with Crippen LogP contribution in [0.1, 0.15) is 6.92 Å². The van der Waals surface area contributed by atoms with Crippen LogP contribution in [0.4, 0.5) is 5.95 Å². The van der Waals surface area contributed by atoms with Gasteiger partial charge in [-0.3, -0.25) is 0 Å². The maximum atomic E-state index is 6.12. The second-order valence-electron chi connectivity index (χ2n) is 3.55. The van der Waals surface area contributed by atoms with Gasteiger partial charge in [-0.1, -0.05) is 46.6 Å². The van der Waals surface area contributed by atoms with Gasteiger partial charge in [0, 0.05) is 16.5 Å². The average molecular weight is 335 g/mol. The van der Waals surface area contributed by atoms with Crippen LogP contribution in [0.15, 0.2) is 34.3 Å². The third kappa shape index (κ3) is 3.89. The number of aromatic nitrogens is 2. The minimum absolute atomic E-state index is 0.475. The molecule has 1 aromatic carbocycles. The highest BCUT2D eigenvalue weighted by Gasteiger charge is 2.10. The summed E-state index contributed by atoms with van der Waals surface area (Å²) in [5.74, 6) is 0.535. The van der Waals surface area contributed by atoms with Crippen LogP contribution in [0.25, 0.3) is 0 Å². The van der Waals surface area contributed by atoms with Gasteiger partial charge in [-0.15, -0.1) is 0 Å². The highest BCUT2D eigenvalue weighted by molar-refractivity contribution is 7.99. The van der Waals surface area contributed by atoms with Gasteiger partial charge < -0.3 is 5.32 Å². The molecule has 0 fully saturated rings. The highest BCUT2D eigenvalue weighted by atomic mass is 35.5. The summed E-state index contributed by atoms with van der Waals surface area (Å²) in [6, 6.07) is 5.26. The van der Waals surface area contributed by atoms with Crippen molar-refractivity contribution in [2.75, 3.05) is 11.9 Å². The zero-order chi connectivity index (χ0) is 13.8. The third-order valence-corrected chi connectivity index (χ3v) is 4.27. The van der Waals surface area contributed by atoms with E-state index in [1.54, 1.807) is 24.4 Å². The Kier molecular flexibility index (Phi) is 5.16. The molecule has 7 heteroatoms. The smallest absolute Gasteiger partial charge is 0.223 e. The first-order valence-electron chi connectivity index (χ1n) is 5.49. The Morgan fingerprint density at radius 3 is 2.74 bits per heavy atom. The van der Waals surface area contributed by atoms with Crippen molar-refractivity contribution in [2.24, 2.45) is 0 Å². The summed E-state index contributed by atoms with van der Waals surface area (Å²) in [5.41, 5.74) is 0. The lowest BCUT2D eigenvalue weighted by atomic mass is 10.4. The highest BCUT2D eigenvalue weighted by Crippen LogP contribution is 2.37. The molecule has 0 atom stereocenters. The van der Waals surface area contributed by atoms with E-state index in [-0.39, 0.29) is 0 Å². The lowest BCUT2D eigenvalue weighted by Crippen LogP contribution is -2.02. The summed E-state index contributed by atoms with van der Waals surface area (Å²) in [4.78, 5) is 9.22. The molecule has 2 aromatic rings. The summed E-state index contributed by atoms with van der Waals surface area (Å²) in [7, 11) is 0. The topological polar surface area (TPSA) is 37.8 Å². The largest absolute Gasteiger partial charge is 0.354 e. The lowest BCUT2D eigenvalue weighted by molar-refractivity contribution is 1.01. The molecule has 0 saturated heterocycles. The Hall–Kier alpha value is -0.680. The second-order valence-corrected chi connectivity index (χ2v) is 5.84. The molecule has 3 nitrogen and oxygen atoms in total. The molecule has 0 saturated carbocycles. The zero-order valence-corrected chi connectivity index (χ0v) is 13.0. The quantitative estimate of drug-likeness (QED) is 0.797. The van der Waals surface area contributed by atoms with Gasteiger partial charge in [0.25, 0.3) is 0 Å². The van der Waals surface area contributed by atoms with Crippen LogP contribution in [0.3, 0.4) is 0 Å². The summed E-state index contributed by atoms with van der Waals surface area (Å²) < 4.78 is 0. The van der Waals surface area contributed by atoms with E-state index in [1.165, 1.54) is 11.8 Å².